The highest BCUT2D eigenvalue weighted by Crippen LogP contribution is 2.13. The van der Waals surface area contributed by atoms with Crippen molar-refractivity contribution >= 4 is 22.6 Å². The van der Waals surface area contributed by atoms with E-state index in [1.54, 1.807) is 0 Å². The SMILES string of the molecule is Ic1ccc(COc2cccc([I+]c3ccccc3)c2)cc1. The summed E-state index contributed by atoms with van der Waals surface area (Å²) in [6, 6.07) is 27.6. The van der Waals surface area contributed by atoms with E-state index >= 15 is 0 Å². The van der Waals surface area contributed by atoms with Gasteiger partial charge in [0, 0.05) is 9.64 Å². The Balaban J connectivity index is 1.65. The predicted octanol–water partition coefficient (Wildman–Crippen LogP) is 2.00. The standard InChI is InChI=1S/C19H15I2O/c20-16-11-9-15(10-12-16)14-22-19-8-4-7-18(13-19)21-17-5-2-1-3-6-17/h1-13H,14H2/q+1. The minimum Gasteiger partial charge on any atom is -0.489 e. The monoisotopic (exact) mass is 513 g/mol. The van der Waals surface area contributed by atoms with Crippen LogP contribution in [0.2, 0.25) is 0 Å². The van der Waals surface area contributed by atoms with Crippen LogP contribution in [0.5, 0.6) is 5.75 Å². The van der Waals surface area contributed by atoms with Crippen molar-refractivity contribution in [2.24, 2.45) is 0 Å². The van der Waals surface area contributed by atoms with Crippen molar-refractivity contribution in [1.29, 1.82) is 0 Å². The number of ether oxygens (including phenoxy) is 1. The summed E-state index contributed by atoms with van der Waals surface area (Å²) < 4.78 is 9.98. The molecule has 0 aliphatic heterocycles. The molecule has 0 radical (unpaired) electrons. The molecule has 0 atom stereocenters. The highest BCUT2D eigenvalue weighted by molar-refractivity contribution is 14.1. The molecule has 0 N–H and O–H groups in total. The van der Waals surface area contributed by atoms with Crippen LogP contribution in [-0.4, -0.2) is 0 Å². The lowest BCUT2D eigenvalue weighted by Crippen LogP contribution is -3.61. The highest BCUT2D eigenvalue weighted by Gasteiger charge is 2.15. The van der Waals surface area contributed by atoms with E-state index in [-0.39, 0.29) is 21.2 Å². The average Bonchev–Trinajstić information content (AvgIpc) is 2.56. The lowest BCUT2D eigenvalue weighted by molar-refractivity contribution is -0.597. The molecule has 0 heterocycles. The molecule has 0 aliphatic carbocycles. The van der Waals surface area contributed by atoms with Crippen LogP contribution < -0.4 is 25.9 Å². The number of benzene rings is 3. The van der Waals surface area contributed by atoms with Crippen molar-refractivity contribution in [1.82, 2.24) is 0 Å². The third-order valence-electron chi connectivity index (χ3n) is 3.07. The van der Waals surface area contributed by atoms with Crippen LogP contribution in [-0.2, 0) is 6.61 Å². The first-order valence-corrected chi connectivity index (χ1v) is 10.2. The smallest absolute Gasteiger partial charge is 0.358 e. The van der Waals surface area contributed by atoms with Gasteiger partial charge in [-0.3, -0.25) is 0 Å². The lowest BCUT2D eigenvalue weighted by atomic mass is 10.2. The first kappa shape index (κ1) is 15.8. The summed E-state index contributed by atoms with van der Waals surface area (Å²) in [7, 11) is 0. The van der Waals surface area contributed by atoms with E-state index < -0.39 is 0 Å². The maximum atomic E-state index is 5.93. The molecule has 3 heteroatoms. The van der Waals surface area contributed by atoms with Crippen LogP contribution in [0.1, 0.15) is 5.56 Å². The van der Waals surface area contributed by atoms with Gasteiger partial charge in [0.1, 0.15) is 12.4 Å². The Hall–Kier alpha value is -1.08. The second-order valence-electron chi connectivity index (χ2n) is 4.76. The summed E-state index contributed by atoms with van der Waals surface area (Å²) in [4.78, 5) is 0. The van der Waals surface area contributed by atoms with Gasteiger partial charge in [-0.25, -0.2) is 0 Å². The zero-order valence-electron chi connectivity index (χ0n) is 11.9. The Labute approximate surface area is 155 Å². The normalized spacial score (nSPS) is 10.4. The molecule has 0 unspecified atom stereocenters. The molecule has 0 bridgehead atoms. The lowest BCUT2D eigenvalue weighted by Gasteiger charge is -2.05. The number of hydrogen-bond acceptors (Lipinski definition) is 1. The molecule has 0 amide bonds. The molecule has 0 spiro atoms. The Morgan fingerprint density at radius 1 is 0.773 bits per heavy atom. The van der Waals surface area contributed by atoms with Gasteiger partial charge in [0.25, 0.3) is 0 Å². The van der Waals surface area contributed by atoms with Gasteiger partial charge < -0.3 is 4.74 Å². The molecule has 0 aromatic heterocycles. The van der Waals surface area contributed by atoms with Crippen LogP contribution >= 0.6 is 22.6 Å². The van der Waals surface area contributed by atoms with Crippen LogP contribution in [0.25, 0.3) is 0 Å². The Bertz CT molecular complexity index is 724. The van der Waals surface area contributed by atoms with E-state index in [0.29, 0.717) is 6.61 Å². The fourth-order valence-corrected chi connectivity index (χ4v) is 4.67. The van der Waals surface area contributed by atoms with Crippen molar-refractivity contribution in [3.63, 3.8) is 0 Å². The van der Waals surface area contributed by atoms with Gasteiger partial charge in [0.15, 0.2) is 7.14 Å². The van der Waals surface area contributed by atoms with E-state index in [0.717, 1.165) is 5.75 Å². The van der Waals surface area contributed by atoms with Crippen molar-refractivity contribution in [3.05, 3.63) is 95.1 Å². The van der Waals surface area contributed by atoms with Gasteiger partial charge >= 0.3 is 21.2 Å². The van der Waals surface area contributed by atoms with Crippen LogP contribution in [0, 0.1) is 10.7 Å². The third-order valence-corrected chi connectivity index (χ3v) is 6.42. The van der Waals surface area contributed by atoms with Crippen molar-refractivity contribution in [2.45, 2.75) is 6.61 Å². The van der Waals surface area contributed by atoms with Gasteiger partial charge in [0.05, 0.1) is 0 Å². The summed E-state index contributed by atoms with van der Waals surface area (Å²) in [6.07, 6.45) is 0. The van der Waals surface area contributed by atoms with Gasteiger partial charge in [0.2, 0.25) is 0 Å². The second kappa shape index (κ2) is 7.97. The topological polar surface area (TPSA) is 9.23 Å². The summed E-state index contributed by atoms with van der Waals surface area (Å²) in [5.74, 6) is 0.951. The summed E-state index contributed by atoms with van der Waals surface area (Å²) in [5.41, 5.74) is 1.20. The largest absolute Gasteiger partial charge is 0.489 e. The Morgan fingerprint density at radius 3 is 2.27 bits per heavy atom. The molecule has 0 fully saturated rings. The Morgan fingerprint density at radius 2 is 1.50 bits per heavy atom. The molecule has 0 saturated heterocycles. The summed E-state index contributed by atoms with van der Waals surface area (Å²) in [5, 5.41) is 0. The molecule has 22 heavy (non-hydrogen) atoms. The van der Waals surface area contributed by atoms with Crippen LogP contribution in [0.4, 0.5) is 0 Å². The van der Waals surface area contributed by atoms with Crippen molar-refractivity contribution in [3.8, 4) is 5.75 Å². The fourth-order valence-electron chi connectivity index (χ4n) is 1.97. The first-order chi connectivity index (χ1) is 10.8. The molecule has 3 aromatic carbocycles. The van der Waals surface area contributed by atoms with Gasteiger partial charge in [-0.15, -0.1) is 0 Å². The summed E-state index contributed by atoms with van der Waals surface area (Å²) in [6.45, 7) is 0.615. The minimum atomic E-state index is -0.140. The molecule has 0 saturated carbocycles. The van der Waals surface area contributed by atoms with E-state index in [1.807, 2.05) is 6.07 Å². The molecule has 3 rings (SSSR count). The second-order valence-corrected chi connectivity index (χ2v) is 9.04. The van der Waals surface area contributed by atoms with Gasteiger partial charge in [-0.1, -0.05) is 36.4 Å². The average molecular weight is 513 g/mol. The number of rotatable bonds is 5. The zero-order valence-corrected chi connectivity index (χ0v) is 16.2. The van der Waals surface area contributed by atoms with Gasteiger partial charge in [-0.2, -0.15) is 0 Å². The molecule has 0 aliphatic rings. The van der Waals surface area contributed by atoms with Crippen molar-refractivity contribution < 1.29 is 25.9 Å². The fraction of sp³-hybridized carbons (Fsp3) is 0.0526. The van der Waals surface area contributed by atoms with E-state index in [1.165, 1.54) is 16.3 Å². The molecule has 3 aromatic rings. The summed E-state index contributed by atoms with van der Waals surface area (Å²) >= 11 is 2.17. The first-order valence-electron chi connectivity index (χ1n) is 6.97. The van der Waals surface area contributed by atoms with Crippen molar-refractivity contribution in [2.75, 3.05) is 0 Å². The molecule has 1 nitrogen and oxygen atoms in total. The maximum absolute atomic E-state index is 5.93. The van der Waals surface area contributed by atoms with Crippen LogP contribution in [0.3, 0.4) is 0 Å². The third kappa shape index (κ3) is 4.71. The minimum absolute atomic E-state index is 0.140. The maximum Gasteiger partial charge on any atom is 0.358 e. The zero-order chi connectivity index (χ0) is 15.2. The molecule has 110 valence electrons. The predicted molar refractivity (Wildman–Crippen MR) is 93.8 cm³/mol. The van der Waals surface area contributed by atoms with E-state index in [4.69, 9.17) is 4.74 Å². The van der Waals surface area contributed by atoms with Gasteiger partial charge in [-0.05, 0) is 64.6 Å². The Kier molecular flexibility index (Phi) is 5.72. The van der Waals surface area contributed by atoms with Crippen LogP contribution in [0.15, 0.2) is 78.9 Å². The number of hydrogen-bond donors (Lipinski definition) is 0. The van der Waals surface area contributed by atoms with E-state index in [9.17, 15) is 0 Å². The van der Waals surface area contributed by atoms with E-state index in [2.05, 4.69) is 95.4 Å². The molecular weight excluding hydrogens is 498 g/mol. The number of halogens is 2. The molecular formula is C19H15I2O+. The quantitative estimate of drug-likeness (QED) is 0.475. The highest BCUT2D eigenvalue weighted by atomic mass is 127.